The molecule has 0 fully saturated rings. The van der Waals surface area contributed by atoms with Gasteiger partial charge in [-0.2, -0.15) is 0 Å². The second kappa shape index (κ2) is 4.42. The van der Waals surface area contributed by atoms with Crippen LogP contribution in [0.4, 0.5) is 0 Å². The molecular formula is C10H13N3O3S. The van der Waals surface area contributed by atoms with Crippen molar-refractivity contribution in [3.8, 4) is 0 Å². The minimum atomic E-state index is -1.08. The monoisotopic (exact) mass is 255 g/mol. The number of H-pyrrole nitrogens is 1. The molecule has 0 saturated heterocycles. The number of hydrogen-bond acceptors (Lipinski definition) is 4. The SMILES string of the molecule is N[C@@H](Cn1c2c(c(=O)[nH]c1=S)CCC2)C(=O)O. The molecule has 0 bridgehead atoms. The highest BCUT2D eigenvalue weighted by Crippen LogP contribution is 2.18. The minimum Gasteiger partial charge on any atom is -0.480 e. The van der Waals surface area contributed by atoms with Gasteiger partial charge in [0.25, 0.3) is 5.56 Å². The van der Waals surface area contributed by atoms with E-state index in [0.29, 0.717) is 12.0 Å². The molecule has 17 heavy (non-hydrogen) atoms. The first kappa shape index (κ1) is 12.0. The van der Waals surface area contributed by atoms with E-state index < -0.39 is 12.0 Å². The molecule has 0 radical (unpaired) electrons. The lowest BCUT2D eigenvalue weighted by atomic mass is 10.2. The summed E-state index contributed by atoms with van der Waals surface area (Å²) in [6.45, 7) is 0.0906. The van der Waals surface area contributed by atoms with Gasteiger partial charge in [0.15, 0.2) is 4.77 Å². The lowest BCUT2D eigenvalue weighted by molar-refractivity contribution is -0.138. The molecular weight excluding hydrogens is 242 g/mol. The minimum absolute atomic E-state index is 0.0906. The summed E-state index contributed by atoms with van der Waals surface area (Å²) in [5.41, 5.74) is 6.86. The number of nitrogens with zero attached hydrogens (tertiary/aromatic N) is 1. The Kier molecular flexibility index (Phi) is 3.12. The van der Waals surface area contributed by atoms with Gasteiger partial charge < -0.3 is 15.4 Å². The van der Waals surface area contributed by atoms with Crippen molar-refractivity contribution in [2.75, 3.05) is 0 Å². The number of hydrogen-bond donors (Lipinski definition) is 3. The third-order valence-corrected chi connectivity index (χ3v) is 3.27. The molecule has 4 N–H and O–H groups in total. The molecule has 0 amide bonds. The fraction of sp³-hybridized carbons (Fsp3) is 0.500. The van der Waals surface area contributed by atoms with Crippen LogP contribution >= 0.6 is 12.2 Å². The van der Waals surface area contributed by atoms with Gasteiger partial charge in [0.05, 0.1) is 6.54 Å². The van der Waals surface area contributed by atoms with Crippen LogP contribution < -0.4 is 11.3 Å². The van der Waals surface area contributed by atoms with Gasteiger partial charge in [0, 0.05) is 11.3 Å². The van der Waals surface area contributed by atoms with Crippen molar-refractivity contribution < 1.29 is 9.90 Å². The first-order chi connectivity index (χ1) is 8.00. The Balaban J connectivity index is 2.48. The van der Waals surface area contributed by atoms with E-state index in [2.05, 4.69) is 4.98 Å². The Bertz CT molecular complexity index is 575. The van der Waals surface area contributed by atoms with Crippen LogP contribution in [0.15, 0.2) is 4.79 Å². The van der Waals surface area contributed by atoms with Gasteiger partial charge in [0.1, 0.15) is 6.04 Å². The summed E-state index contributed by atoms with van der Waals surface area (Å²) in [6, 6.07) is -1.02. The summed E-state index contributed by atoms with van der Waals surface area (Å²) in [5, 5.41) is 8.79. The van der Waals surface area contributed by atoms with Crippen molar-refractivity contribution in [2.24, 2.45) is 5.73 Å². The van der Waals surface area contributed by atoms with Gasteiger partial charge in [-0.25, -0.2) is 0 Å². The molecule has 2 rings (SSSR count). The number of carboxylic acid groups (broad SMARTS) is 1. The smallest absolute Gasteiger partial charge is 0.322 e. The van der Waals surface area contributed by atoms with Crippen molar-refractivity contribution in [1.29, 1.82) is 0 Å². The van der Waals surface area contributed by atoms with Crippen molar-refractivity contribution in [3.05, 3.63) is 26.4 Å². The molecule has 92 valence electrons. The highest BCUT2D eigenvalue weighted by molar-refractivity contribution is 7.71. The number of nitrogens with one attached hydrogen (secondary N) is 1. The molecule has 1 heterocycles. The maximum Gasteiger partial charge on any atom is 0.322 e. The fourth-order valence-corrected chi connectivity index (χ4v) is 2.38. The van der Waals surface area contributed by atoms with E-state index in [1.165, 1.54) is 0 Å². The summed E-state index contributed by atoms with van der Waals surface area (Å²) in [4.78, 5) is 24.9. The van der Waals surface area contributed by atoms with E-state index in [4.69, 9.17) is 23.1 Å². The van der Waals surface area contributed by atoms with Crippen LogP contribution in [-0.2, 0) is 24.2 Å². The fourth-order valence-electron chi connectivity index (χ4n) is 2.10. The van der Waals surface area contributed by atoms with Crippen molar-refractivity contribution in [3.63, 3.8) is 0 Å². The number of aliphatic carboxylic acids is 1. The largest absolute Gasteiger partial charge is 0.480 e. The van der Waals surface area contributed by atoms with E-state index in [-0.39, 0.29) is 16.9 Å². The van der Waals surface area contributed by atoms with Crippen LogP contribution in [0.3, 0.4) is 0 Å². The van der Waals surface area contributed by atoms with Gasteiger partial charge in [-0.05, 0) is 31.5 Å². The predicted molar refractivity (Wildman–Crippen MR) is 63.5 cm³/mol. The van der Waals surface area contributed by atoms with Crippen LogP contribution in [0.2, 0.25) is 0 Å². The van der Waals surface area contributed by atoms with E-state index in [0.717, 1.165) is 18.5 Å². The number of nitrogens with two attached hydrogens (primary N) is 1. The van der Waals surface area contributed by atoms with E-state index >= 15 is 0 Å². The van der Waals surface area contributed by atoms with Gasteiger partial charge >= 0.3 is 5.97 Å². The van der Waals surface area contributed by atoms with Gasteiger partial charge in [-0.3, -0.25) is 14.6 Å². The maximum absolute atomic E-state index is 11.6. The average molecular weight is 255 g/mol. The summed E-state index contributed by atoms with van der Waals surface area (Å²) in [7, 11) is 0. The van der Waals surface area contributed by atoms with Crippen molar-refractivity contribution in [1.82, 2.24) is 9.55 Å². The highest BCUT2D eigenvalue weighted by Gasteiger charge is 2.21. The summed E-state index contributed by atoms with van der Waals surface area (Å²) in [6.07, 6.45) is 2.34. The predicted octanol–water partition coefficient (Wildman–Crippen LogP) is -0.194. The lowest BCUT2D eigenvalue weighted by Crippen LogP contribution is -2.36. The lowest BCUT2D eigenvalue weighted by Gasteiger charge is -2.14. The Morgan fingerprint density at radius 1 is 1.59 bits per heavy atom. The average Bonchev–Trinajstić information content (AvgIpc) is 2.72. The third kappa shape index (κ3) is 2.16. The van der Waals surface area contributed by atoms with E-state index in [9.17, 15) is 9.59 Å². The number of carbonyl (C=O) groups is 1. The Labute approximate surface area is 102 Å². The number of carboxylic acids is 1. The Morgan fingerprint density at radius 3 is 2.94 bits per heavy atom. The molecule has 1 aliphatic rings. The van der Waals surface area contributed by atoms with Gasteiger partial charge in [0.2, 0.25) is 0 Å². The normalized spacial score (nSPS) is 15.6. The number of rotatable bonds is 3. The quantitative estimate of drug-likeness (QED) is 0.650. The number of aromatic amines is 1. The van der Waals surface area contributed by atoms with Crippen molar-refractivity contribution in [2.45, 2.75) is 31.8 Å². The van der Waals surface area contributed by atoms with E-state index in [1.807, 2.05) is 0 Å². The molecule has 0 saturated carbocycles. The highest BCUT2D eigenvalue weighted by atomic mass is 32.1. The van der Waals surface area contributed by atoms with E-state index in [1.54, 1.807) is 4.57 Å². The Morgan fingerprint density at radius 2 is 2.29 bits per heavy atom. The summed E-state index contributed by atoms with van der Waals surface area (Å²) in [5.74, 6) is -1.08. The first-order valence-electron chi connectivity index (χ1n) is 5.34. The maximum atomic E-state index is 11.6. The molecule has 1 aromatic rings. The molecule has 0 aliphatic heterocycles. The number of aromatic nitrogens is 2. The standard InChI is InChI=1S/C10H13N3O3S/c11-6(9(15)16)4-13-7-3-1-2-5(7)8(14)12-10(13)17/h6H,1-4,11H2,(H,15,16)(H,12,14,17)/t6-/m0/s1. The second-order valence-corrected chi connectivity index (χ2v) is 4.48. The van der Waals surface area contributed by atoms with Crippen LogP contribution in [0, 0.1) is 4.77 Å². The number of fused-ring (bicyclic) bond motifs is 1. The van der Waals surface area contributed by atoms with Crippen LogP contribution in [0.25, 0.3) is 0 Å². The second-order valence-electron chi connectivity index (χ2n) is 4.09. The summed E-state index contributed by atoms with van der Waals surface area (Å²) < 4.78 is 1.88. The molecule has 6 nitrogen and oxygen atoms in total. The topological polar surface area (TPSA) is 101 Å². The Hall–Kier alpha value is -1.47. The molecule has 1 atom stereocenters. The molecule has 0 aromatic carbocycles. The van der Waals surface area contributed by atoms with Crippen LogP contribution in [0.1, 0.15) is 17.7 Å². The van der Waals surface area contributed by atoms with Crippen LogP contribution in [-0.4, -0.2) is 26.7 Å². The molecule has 7 heteroatoms. The van der Waals surface area contributed by atoms with Gasteiger partial charge in [-0.1, -0.05) is 0 Å². The molecule has 0 unspecified atom stereocenters. The van der Waals surface area contributed by atoms with Gasteiger partial charge in [-0.15, -0.1) is 0 Å². The zero-order chi connectivity index (χ0) is 12.6. The first-order valence-corrected chi connectivity index (χ1v) is 5.75. The zero-order valence-corrected chi connectivity index (χ0v) is 9.92. The molecule has 0 spiro atoms. The summed E-state index contributed by atoms with van der Waals surface area (Å²) >= 11 is 5.04. The third-order valence-electron chi connectivity index (χ3n) is 2.95. The molecule has 1 aliphatic carbocycles. The van der Waals surface area contributed by atoms with Crippen LogP contribution in [0.5, 0.6) is 0 Å². The van der Waals surface area contributed by atoms with Crippen molar-refractivity contribution >= 4 is 18.2 Å². The molecule has 1 aromatic heterocycles. The zero-order valence-electron chi connectivity index (χ0n) is 9.10.